The fourth-order valence-corrected chi connectivity index (χ4v) is 0.282. The number of hydrogen-bond acceptors (Lipinski definition) is 3. The van der Waals surface area contributed by atoms with Crippen LogP contribution in [-0.2, 0) is 0 Å². The maximum Gasteiger partial charge on any atom is 0.0667 e. The fraction of sp³-hybridized carbons (Fsp3) is 0.833. The number of rotatable bonds is 2. The van der Waals surface area contributed by atoms with Crippen molar-refractivity contribution in [3.8, 4) is 0 Å². The Balaban J connectivity index is 3.88. The molecule has 0 fully saturated rings. The molecule has 9 heavy (non-hydrogen) atoms. The predicted octanol–water partition coefficient (Wildman–Crippen LogP) is 0.853. The highest BCUT2D eigenvalue weighted by Crippen LogP contribution is 2.12. The van der Waals surface area contributed by atoms with Crippen molar-refractivity contribution in [3.05, 3.63) is 0 Å². The molecule has 0 amide bonds. The lowest BCUT2D eigenvalue weighted by Crippen LogP contribution is -2.29. The number of hydrogen-bond donors (Lipinski definition) is 2. The van der Waals surface area contributed by atoms with Gasteiger partial charge in [-0.2, -0.15) is 0 Å². The molecule has 0 bridgehead atoms. The van der Waals surface area contributed by atoms with Crippen LogP contribution in [0, 0.1) is 5.92 Å². The second kappa shape index (κ2) is 2.82. The van der Waals surface area contributed by atoms with Gasteiger partial charge in [0.05, 0.1) is 5.60 Å². The summed E-state index contributed by atoms with van der Waals surface area (Å²) in [7, 11) is 0. The van der Waals surface area contributed by atoms with Crippen molar-refractivity contribution in [3.63, 3.8) is 0 Å². The van der Waals surface area contributed by atoms with Crippen molar-refractivity contribution in [2.24, 2.45) is 11.1 Å². The highest BCUT2D eigenvalue weighted by atomic mass is 16.4. The molecule has 0 rings (SSSR count). The Hall–Kier alpha value is -0.570. The van der Waals surface area contributed by atoms with Crippen LogP contribution in [0.3, 0.4) is 0 Å². The molecule has 0 unspecified atom stereocenters. The second-order valence-electron chi connectivity index (χ2n) is 2.71. The minimum absolute atomic E-state index is 0.123. The summed E-state index contributed by atoms with van der Waals surface area (Å²) in [6.45, 7) is 5.11. The molecule has 0 aliphatic heterocycles. The fourth-order valence-electron chi connectivity index (χ4n) is 0.282. The summed E-state index contributed by atoms with van der Waals surface area (Å²) in [5.41, 5.74) is -0.799. The van der Waals surface area contributed by atoms with E-state index >= 15 is 0 Å². The first kappa shape index (κ1) is 8.43. The lowest BCUT2D eigenvalue weighted by Gasteiger charge is -2.21. The van der Waals surface area contributed by atoms with Gasteiger partial charge >= 0.3 is 0 Å². The molecule has 54 valence electrons. The van der Waals surface area contributed by atoms with Crippen molar-refractivity contribution in [2.45, 2.75) is 26.4 Å². The minimum atomic E-state index is -0.799. The third kappa shape index (κ3) is 3.08. The van der Waals surface area contributed by atoms with Gasteiger partial charge in [0.1, 0.15) is 0 Å². The molecule has 3 heteroatoms. The molecule has 0 radical (unpaired) electrons. The zero-order chi connectivity index (χ0) is 7.49. The predicted molar refractivity (Wildman–Crippen MR) is 35.7 cm³/mol. The van der Waals surface area contributed by atoms with E-state index in [1.165, 1.54) is 6.21 Å². The first-order valence-electron chi connectivity index (χ1n) is 2.88. The van der Waals surface area contributed by atoms with Gasteiger partial charge in [-0.25, -0.2) is 0 Å². The normalized spacial score (nSPS) is 16.4. The van der Waals surface area contributed by atoms with Crippen molar-refractivity contribution >= 4 is 6.21 Å². The molecule has 1 atom stereocenters. The summed E-state index contributed by atoms with van der Waals surface area (Å²) in [6, 6.07) is 0. The molecule has 0 heterocycles. The van der Waals surface area contributed by atoms with E-state index in [-0.39, 0.29) is 5.92 Å². The van der Waals surface area contributed by atoms with Crippen LogP contribution < -0.4 is 0 Å². The Kier molecular flexibility index (Phi) is 2.65. The number of oxime groups is 1. The molecule has 0 aromatic carbocycles. The van der Waals surface area contributed by atoms with Crippen molar-refractivity contribution in [2.75, 3.05) is 0 Å². The zero-order valence-electron chi connectivity index (χ0n) is 6.00. The van der Waals surface area contributed by atoms with E-state index in [9.17, 15) is 5.11 Å². The van der Waals surface area contributed by atoms with Crippen LogP contribution in [0.2, 0.25) is 0 Å². The van der Waals surface area contributed by atoms with Gasteiger partial charge in [-0.05, 0) is 13.8 Å². The van der Waals surface area contributed by atoms with E-state index in [2.05, 4.69) is 5.16 Å². The average Bonchev–Trinajstić information content (AvgIpc) is 1.64. The molecule has 0 saturated heterocycles. The van der Waals surface area contributed by atoms with Crippen LogP contribution >= 0.6 is 0 Å². The Morgan fingerprint density at radius 2 is 2.00 bits per heavy atom. The molecule has 0 saturated carbocycles. The summed E-state index contributed by atoms with van der Waals surface area (Å²) >= 11 is 0. The number of nitrogens with zero attached hydrogens (tertiary/aromatic N) is 1. The van der Waals surface area contributed by atoms with Gasteiger partial charge < -0.3 is 10.3 Å². The monoisotopic (exact) mass is 131 g/mol. The third-order valence-corrected chi connectivity index (χ3v) is 1.40. The van der Waals surface area contributed by atoms with Gasteiger partial charge in [-0.3, -0.25) is 0 Å². The molecular formula is C6H13NO2. The minimum Gasteiger partial charge on any atom is -0.411 e. The highest BCUT2D eigenvalue weighted by Gasteiger charge is 2.19. The first-order valence-corrected chi connectivity index (χ1v) is 2.88. The highest BCUT2D eigenvalue weighted by molar-refractivity contribution is 5.60. The van der Waals surface area contributed by atoms with Crippen LogP contribution in [0.4, 0.5) is 0 Å². The van der Waals surface area contributed by atoms with Crippen LogP contribution in [0.15, 0.2) is 5.16 Å². The molecule has 0 aliphatic rings. The van der Waals surface area contributed by atoms with Crippen molar-refractivity contribution in [1.82, 2.24) is 0 Å². The summed E-state index contributed by atoms with van der Waals surface area (Å²) in [5.74, 6) is -0.123. The zero-order valence-corrected chi connectivity index (χ0v) is 6.00. The molecule has 2 N–H and O–H groups in total. The summed E-state index contributed by atoms with van der Waals surface area (Å²) < 4.78 is 0. The van der Waals surface area contributed by atoms with E-state index in [0.717, 1.165) is 0 Å². The molecule has 0 aromatic rings. The Morgan fingerprint density at radius 1 is 1.56 bits per heavy atom. The van der Waals surface area contributed by atoms with Crippen LogP contribution in [0.5, 0.6) is 0 Å². The van der Waals surface area contributed by atoms with Crippen molar-refractivity contribution in [1.29, 1.82) is 0 Å². The second-order valence-corrected chi connectivity index (χ2v) is 2.71. The van der Waals surface area contributed by atoms with Crippen molar-refractivity contribution < 1.29 is 10.3 Å². The maximum absolute atomic E-state index is 9.21. The van der Waals surface area contributed by atoms with E-state index in [0.29, 0.717) is 0 Å². The van der Waals surface area contributed by atoms with Gasteiger partial charge in [-0.15, -0.1) is 5.16 Å². The van der Waals surface area contributed by atoms with Crippen LogP contribution in [0.1, 0.15) is 20.8 Å². The average molecular weight is 131 g/mol. The van der Waals surface area contributed by atoms with Gasteiger partial charge in [0.2, 0.25) is 0 Å². The van der Waals surface area contributed by atoms with Gasteiger partial charge in [0.25, 0.3) is 0 Å². The molecule has 0 spiro atoms. The molecule has 0 aromatic heterocycles. The topological polar surface area (TPSA) is 52.8 Å². The van der Waals surface area contributed by atoms with E-state index in [4.69, 9.17) is 5.21 Å². The molecule has 0 aliphatic carbocycles. The van der Waals surface area contributed by atoms with E-state index < -0.39 is 5.60 Å². The SMILES string of the molecule is C[C@H](/C=N/O)C(C)(C)O. The lowest BCUT2D eigenvalue weighted by atomic mass is 9.94. The largest absolute Gasteiger partial charge is 0.411 e. The van der Waals surface area contributed by atoms with Crippen LogP contribution in [-0.4, -0.2) is 22.1 Å². The van der Waals surface area contributed by atoms with Gasteiger partial charge in [-0.1, -0.05) is 6.92 Å². The Labute approximate surface area is 55.0 Å². The van der Waals surface area contributed by atoms with Gasteiger partial charge in [0.15, 0.2) is 0 Å². The van der Waals surface area contributed by atoms with E-state index in [1.54, 1.807) is 20.8 Å². The molecular weight excluding hydrogens is 118 g/mol. The lowest BCUT2D eigenvalue weighted by molar-refractivity contribution is 0.0520. The smallest absolute Gasteiger partial charge is 0.0667 e. The summed E-state index contributed by atoms with van der Waals surface area (Å²) in [6.07, 6.45) is 1.31. The quantitative estimate of drug-likeness (QED) is 0.331. The van der Waals surface area contributed by atoms with Crippen LogP contribution in [0.25, 0.3) is 0 Å². The standard InChI is InChI=1S/C6H13NO2/c1-5(4-7-9)6(2,3)8/h4-5,8-9H,1-3H3/b7-4+/t5-/m1/s1. The Morgan fingerprint density at radius 3 is 2.11 bits per heavy atom. The summed E-state index contributed by atoms with van der Waals surface area (Å²) in [4.78, 5) is 0. The Bertz CT molecular complexity index is 104. The maximum atomic E-state index is 9.21. The molecule has 3 nitrogen and oxygen atoms in total. The third-order valence-electron chi connectivity index (χ3n) is 1.40. The van der Waals surface area contributed by atoms with Gasteiger partial charge in [0, 0.05) is 12.1 Å². The number of aliphatic hydroxyl groups is 1. The van der Waals surface area contributed by atoms with E-state index in [1.807, 2.05) is 0 Å². The summed E-state index contributed by atoms with van der Waals surface area (Å²) in [5, 5.41) is 20.1. The first-order chi connectivity index (χ1) is 3.98.